The minimum atomic E-state index is -0.0463. The number of aryl methyl sites for hydroxylation is 1. The van der Waals surface area contributed by atoms with Gasteiger partial charge in [-0.3, -0.25) is 4.79 Å². The van der Waals surface area contributed by atoms with Crippen LogP contribution in [0.25, 0.3) is 20.4 Å². The lowest BCUT2D eigenvalue weighted by atomic mass is 10.1. The van der Waals surface area contributed by atoms with E-state index in [0.717, 1.165) is 31.0 Å². The van der Waals surface area contributed by atoms with E-state index in [1.54, 1.807) is 11.3 Å². The molecule has 0 aliphatic carbocycles. The van der Waals surface area contributed by atoms with Gasteiger partial charge in [0.1, 0.15) is 0 Å². The van der Waals surface area contributed by atoms with E-state index in [-0.39, 0.29) is 5.91 Å². The fraction of sp³-hybridized carbons (Fsp3) is 0.250. The van der Waals surface area contributed by atoms with Crippen LogP contribution in [0.5, 0.6) is 0 Å². The van der Waals surface area contributed by atoms with Crippen molar-refractivity contribution in [2.45, 2.75) is 37.3 Å². The molecule has 1 N–H and O–H groups in total. The molecule has 0 aliphatic heterocycles. The molecule has 2 aromatic heterocycles. The number of rotatable bonds is 5. The Kier molecular flexibility index (Phi) is 5.16. The van der Waals surface area contributed by atoms with Gasteiger partial charge in [0.15, 0.2) is 5.13 Å². The number of anilines is 1. The van der Waals surface area contributed by atoms with Crippen LogP contribution >= 0.6 is 34.4 Å². The largest absolute Gasteiger partial charge is 0.302 e. The maximum atomic E-state index is 12.4. The van der Waals surface area contributed by atoms with E-state index >= 15 is 0 Å². The van der Waals surface area contributed by atoms with Crippen molar-refractivity contribution in [2.75, 3.05) is 5.32 Å². The van der Waals surface area contributed by atoms with E-state index in [9.17, 15) is 4.79 Å². The molecule has 138 valence electrons. The highest BCUT2D eigenvalue weighted by Gasteiger charge is 2.13. The number of fused-ring (bicyclic) bond motifs is 3. The van der Waals surface area contributed by atoms with E-state index in [0.29, 0.717) is 16.8 Å². The predicted molar refractivity (Wildman–Crippen MR) is 117 cm³/mol. The third-order valence-electron chi connectivity index (χ3n) is 3.93. The van der Waals surface area contributed by atoms with Crippen LogP contribution < -0.4 is 5.32 Å². The molecule has 0 saturated heterocycles. The molecule has 4 aromatic rings. The molecule has 4 rings (SSSR count). The summed E-state index contributed by atoms with van der Waals surface area (Å²) in [5.41, 5.74) is 2.90. The maximum Gasteiger partial charge on any atom is 0.230 e. The van der Waals surface area contributed by atoms with Gasteiger partial charge in [0.05, 0.1) is 31.9 Å². The minimum absolute atomic E-state index is 0.0463. The van der Waals surface area contributed by atoms with Crippen molar-refractivity contribution in [1.29, 1.82) is 0 Å². The Balaban J connectivity index is 1.48. The number of aromatic nitrogens is 2. The molecule has 0 bridgehead atoms. The summed E-state index contributed by atoms with van der Waals surface area (Å²) in [6, 6.07) is 12.2. The van der Waals surface area contributed by atoms with Gasteiger partial charge in [0, 0.05) is 10.1 Å². The van der Waals surface area contributed by atoms with E-state index < -0.39 is 0 Å². The summed E-state index contributed by atoms with van der Waals surface area (Å²) in [7, 11) is 0. The molecule has 27 heavy (non-hydrogen) atoms. The van der Waals surface area contributed by atoms with Gasteiger partial charge in [0.2, 0.25) is 5.91 Å². The molecular weight excluding hydrogens is 394 g/mol. The summed E-state index contributed by atoms with van der Waals surface area (Å²) in [5.74, 6) is -0.0463. The van der Waals surface area contributed by atoms with Gasteiger partial charge < -0.3 is 5.32 Å². The van der Waals surface area contributed by atoms with Crippen LogP contribution in [0, 0.1) is 6.92 Å². The first kappa shape index (κ1) is 18.4. The minimum Gasteiger partial charge on any atom is -0.302 e. The second kappa shape index (κ2) is 7.58. The number of hydrogen-bond donors (Lipinski definition) is 1. The smallest absolute Gasteiger partial charge is 0.230 e. The topological polar surface area (TPSA) is 54.9 Å². The van der Waals surface area contributed by atoms with Crippen molar-refractivity contribution in [3.8, 4) is 0 Å². The van der Waals surface area contributed by atoms with Gasteiger partial charge >= 0.3 is 0 Å². The standard InChI is InChI=1S/C20H19N3OS3/c1-11(2)25-14-6-4-13(5-7-14)10-17(24)23-20-22-16-9-8-15-18(19(16)27-20)26-12(3)21-15/h4-9,11H,10H2,1-3H3,(H,22,23,24). The quantitative estimate of drug-likeness (QED) is 0.414. The van der Waals surface area contributed by atoms with Crippen LogP contribution in [0.4, 0.5) is 5.13 Å². The number of nitrogens with one attached hydrogen (secondary N) is 1. The monoisotopic (exact) mass is 413 g/mol. The van der Waals surface area contributed by atoms with Gasteiger partial charge in [-0.1, -0.05) is 37.3 Å². The van der Waals surface area contributed by atoms with Crippen molar-refractivity contribution in [3.05, 3.63) is 47.0 Å². The van der Waals surface area contributed by atoms with Crippen molar-refractivity contribution in [2.24, 2.45) is 0 Å². The molecule has 0 spiro atoms. The van der Waals surface area contributed by atoms with Crippen LogP contribution in [-0.4, -0.2) is 21.1 Å². The molecule has 0 aliphatic rings. The van der Waals surface area contributed by atoms with E-state index in [4.69, 9.17) is 0 Å². The van der Waals surface area contributed by atoms with Crippen LogP contribution in [-0.2, 0) is 11.2 Å². The van der Waals surface area contributed by atoms with Gasteiger partial charge in [0.25, 0.3) is 0 Å². The Morgan fingerprint density at radius 3 is 2.41 bits per heavy atom. The number of nitrogens with zero attached hydrogens (tertiary/aromatic N) is 2. The Morgan fingerprint density at radius 1 is 1.04 bits per heavy atom. The molecule has 4 nitrogen and oxygen atoms in total. The molecule has 2 aromatic carbocycles. The number of thiazole rings is 2. The zero-order chi connectivity index (χ0) is 19.0. The fourth-order valence-electron chi connectivity index (χ4n) is 2.84. The molecular formula is C20H19N3OS3. The Hall–Kier alpha value is -1.96. The highest BCUT2D eigenvalue weighted by molar-refractivity contribution is 7.99. The molecule has 0 radical (unpaired) electrons. The first-order valence-corrected chi connectivity index (χ1v) is 11.2. The van der Waals surface area contributed by atoms with E-state index in [2.05, 4.69) is 41.3 Å². The number of carbonyl (C=O) groups is 1. The van der Waals surface area contributed by atoms with E-state index in [1.165, 1.54) is 16.2 Å². The second-order valence-corrected chi connectivity index (χ2v) is 10.4. The molecule has 2 heterocycles. The Morgan fingerprint density at radius 2 is 1.70 bits per heavy atom. The zero-order valence-corrected chi connectivity index (χ0v) is 17.7. The van der Waals surface area contributed by atoms with Crippen molar-refractivity contribution in [1.82, 2.24) is 9.97 Å². The summed E-state index contributed by atoms with van der Waals surface area (Å²) in [6.07, 6.45) is 0.345. The second-order valence-electron chi connectivity index (χ2n) is 6.55. The lowest BCUT2D eigenvalue weighted by Gasteiger charge is -2.06. The van der Waals surface area contributed by atoms with Crippen molar-refractivity contribution < 1.29 is 4.79 Å². The number of carbonyl (C=O) groups excluding carboxylic acids is 1. The van der Waals surface area contributed by atoms with Crippen LogP contribution in [0.2, 0.25) is 0 Å². The van der Waals surface area contributed by atoms with Gasteiger partial charge in [-0.05, 0) is 36.8 Å². The van der Waals surface area contributed by atoms with E-state index in [1.807, 2.05) is 43.0 Å². The number of hydrogen-bond acceptors (Lipinski definition) is 6. The number of amides is 1. The third kappa shape index (κ3) is 4.15. The summed E-state index contributed by atoms with van der Waals surface area (Å²) < 4.78 is 2.23. The summed E-state index contributed by atoms with van der Waals surface area (Å²) >= 11 is 5.00. The Labute approximate surface area is 170 Å². The molecule has 0 fully saturated rings. The molecule has 1 amide bonds. The fourth-order valence-corrected chi connectivity index (χ4v) is 5.70. The first-order chi connectivity index (χ1) is 13.0. The van der Waals surface area contributed by atoms with Gasteiger partial charge in [-0.25, -0.2) is 9.97 Å². The number of thioether (sulfide) groups is 1. The molecule has 0 atom stereocenters. The summed E-state index contributed by atoms with van der Waals surface area (Å²) in [6.45, 7) is 6.35. The maximum absolute atomic E-state index is 12.4. The molecule has 0 unspecified atom stereocenters. The lowest BCUT2D eigenvalue weighted by Crippen LogP contribution is -2.14. The van der Waals surface area contributed by atoms with Crippen molar-refractivity contribution in [3.63, 3.8) is 0 Å². The predicted octanol–water partition coefficient (Wildman–Crippen LogP) is 5.90. The highest BCUT2D eigenvalue weighted by Crippen LogP contribution is 2.35. The SMILES string of the molecule is Cc1nc2ccc3nc(NC(=O)Cc4ccc(SC(C)C)cc4)sc3c2s1. The average molecular weight is 414 g/mol. The normalized spacial score (nSPS) is 11.6. The zero-order valence-electron chi connectivity index (χ0n) is 15.3. The average Bonchev–Trinajstić information content (AvgIpc) is 3.17. The molecule has 0 saturated carbocycles. The third-order valence-corrected chi connectivity index (χ3v) is 7.08. The van der Waals surface area contributed by atoms with Gasteiger partial charge in [-0.15, -0.1) is 23.1 Å². The van der Waals surface area contributed by atoms with Crippen LogP contribution in [0.1, 0.15) is 24.4 Å². The lowest BCUT2D eigenvalue weighted by molar-refractivity contribution is -0.115. The van der Waals surface area contributed by atoms with Gasteiger partial charge in [-0.2, -0.15) is 0 Å². The summed E-state index contributed by atoms with van der Waals surface area (Å²) in [5, 5.41) is 5.17. The highest BCUT2D eigenvalue weighted by atomic mass is 32.2. The first-order valence-electron chi connectivity index (χ1n) is 8.70. The molecule has 7 heteroatoms. The van der Waals surface area contributed by atoms with Crippen LogP contribution in [0.15, 0.2) is 41.3 Å². The number of benzene rings is 2. The summed E-state index contributed by atoms with van der Waals surface area (Å²) in [4.78, 5) is 22.7. The van der Waals surface area contributed by atoms with Crippen LogP contribution in [0.3, 0.4) is 0 Å². The van der Waals surface area contributed by atoms with Crippen molar-refractivity contribution >= 4 is 65.9 Å². The Bertz CT molecular complexity index is 1110.